The van der Waals surface area contributed by atoms with Crippen LogP contribution in [0.3, 0.4) is 0 Å². The molecule has 3 nitrogen and oxygen atoms in total. The molecule has 1 unspecified atom stereocenters. The molecule has 102 valence electrons. The van der Waals surface area contributed by atoms with Crippen LogP contribution in [0.4, 0.5) is 0 Å². The van der Waals surface area contributed by atoms with Crippen molar-refractivity contribution in [3.05, 3.63) is 28.8 Å². The van der Waals surface area contributed by atoms with Crippen LogP contribution in [0.1, 0.15) is 43.1 Å². The third kappa shape index (κ3) is 4.00. The Morgan fingerprint density at radius 2 is 1.94 bits per heavy atom. The first-order valence-electron chi connectivity index (χ1n) is 6.52. The number of rotatable bonds is 6. The van der Waals surface area contributed by atoms with Gasteiger partial charge in [-0.15, -0.1) is 0 Å². The van der Waals surface area contributed by atoms with Crippen molar-refractivity contribution in [3.8, 4) is 5.75 Å². The average molecular weight is 251 g/mol. The van der Waals surface area contributed by atoms with Crippen molar-refractivity contribution in [2.75, 3.05) is 13.7 Å². The largest absolute Gasteiger partial charge is 0.496 e. The molecule has 0 heterocycles. The molecule has 1 aromatic rings. The molecule has 0 aliphatic carbocycles. The fourth-order valence-electron chi connectivity index (χ4n) is 2.19. The van der Waals surface area contributed by atoms with Crippen molar-refractivity contribution in [1.29, 1.82) is 0 Å². The zero-order chi connectivity index (χ0) is 13.7. The molecule has 0 radical (unpaired) electrons. The van der Waals surface area contributed by atoms with E-state index in [1.165, 1.54) is 0 Å². The Balaban J connectivity index is 2.81. The molecular weight excluding hydrogens is 226 g/mol. The van der Waals surface area contributed by atoms with Crippen LogP contribution in [0.25, 0.3) is 0 Å². The van der Waals surface area contributed by atoms with Crippen LogP contribution >= 0.6 is 0 Å². The molecule has 0 aromatic heterocycles. The average Bonchev–Trinajstić information content (AvgIpc) is 2.26. The van der Waals surface area contributed by atoms with Crippen LogP contribution in [0.5, 0.6) is 5.75 Å². The van der Waals surface area contributed by atoms with Crippen molar-refractivity contribution >= 4 is 0 Å². The maximum absolute atomic E-state index is 10.3. The summed E-state index contributed by atoms with van der Waals surface area (Å²) in [4.78, 5) is 0. The Morgan fingerprint density at radius 1 is 1.28 bits per heavy atom. The summed E-state index contributed by atoms with van der Waals surface area (Å²) in [6.45, 7) is 9.05. The number of aliphatic hydroxyl groups is 1. The van der Waals surface area contributed by atoms with Crippen LogP contribution < -0.4 is 10.1 Å². The lowest BCUT2D eigenvalue weighted by molar-refractivity contribution is 0.161. The molecule has 0 amide bonds. The molecule has 0 spiro atoms. The lowest BCUT2D eigenvalue weighted by Gasteiger charge is -2.19. The first kappa shape index (κ1) is 15.0. The van der Waals surface area contributed by atoms with Crippen LogP contribution in [0.15, 0.2) is 12.1 Å². The van der Waals surface area contributed by atoms with Gasteiger partial charge in [0, 0.05) is 11.6 Å². The van der Waals surface area contributed by atoms with E-state index < -0.39 is 6.10 Å². The number of nitrogens with one attached hydrogen (secondary N) is 1. The van der Waals surface area contributed by atoms with E-state index in [2.05, 4.69) is 25.2 Å². The predicted octanol–water partition coefficient (Wildman–Crippen LogP) is 2.73. The SMILES string of the molecule is COc1cc(C)cc(C)c1C(O)CCNC(C)C. The molecule has 18 heavy (non-hydrogen) atoms. The number of benzene rings is 1. The number of hydrogen-bond donors (Lipinski definition) is 2. The first-order valence-corrected chi connectivity index (χ1v) is 6.52. The predicted molar refractivity (Wildman–Crippen MR) is 75.2 cm³/mol. The summed E-state index contributed by atoms with van der Waals surface area (Å²) < 4.78 is 5.38. The van der Waals surface area contributed by atoms with Gasteiger partial charge in [-0.1, -0.05) is 19.9 Å². The van der Waals surface area contributed by atoms with E-state index in [1.54, 1.807) is 7.11 Å². The summed E-state index contributed by atoms with van der Waals surface area (Å²) >= 11 is 0. The van der Waals surface area contributed by atoms with Crippen LogP contribution in [0.2, 0.25) is 0 Å². The second-order valence-corrected chi connectivity index (χ2v) is 5.11. The third-order valence-corrected chi connectivity index (χ3v) is 3.02. The molecule has 0 aliphatic heterocycles. The summed E-state index contributed by atoms with van der Waals surface area (Å²) in [5.74, 6) is 0.782. The number of hydrogen-bond acceptors (Lipinski definition) is 3. The van der Waals surface area contributed by atoms with Crippen molar-refractivity contribution < 1.29 is 9.84 Å². The Bertz CT molecular complexity index is 388. The first-order chi connectivity index (χ1) is 8.45. The van der Waals surface area contributed by atoms with E-state index in [9.17, 15) is 5.11 Å². The highest BCUT2D eigenvalue weighted by atomic mass is 16.5. The van der Waals surface area contributed by atoms with Gasteiger partial charge < -0.3 is 15.2 Å². The highest BCUT2D eigenvalue weighted by molar-refractivity contribution is 5.44. The van der Waals surface area contributed by atoms with Crippen LogP contribution in [0, 0.1) is 13.8 Å². The molecule has 3 heteroatoms. The summed E-state index contributed by atoms with van der Waals surface area (Å²) in [7, 11) is 1.65. The number of aliphatic hydroxyl groups excluding tert-OH is 1. The van der Waals surface area contributed by atoms with Gasteiger partial charge in [0.2, 0.25) is 0 Å². The minimum Gasteiger partial charge on any atom is -0.496 e. The summed E-state index contributed by atoms with van der Waals surface area (Å²) in [6.07, 6.45) is 0.213. The standard InChI is InChI=1S/C15H25NO2/c1-10(2)16-7-6-13(17)15-12(4)8-11(3)9-14(15)18-5/h8-10,13,16-17H,6-7H2,1-5H3. The topological polar surface area (TPSA) is 41.5 Å². The summed E-state index contributed by atoms with van der Waals surface area (Å²) in [6, 6.07) is 4.50. The van der Waals surface area contributed by atoms with Gasteiger partial charge in [-0.25, -0.2) is 0 Å². The van der Waals surface area contributed by atoms with Gasteiger partial charge >= 0.3 is 0 Å². The van der Waals surface area contributed by atoms with E-state index in [-0.39, 0.29) is 0 Å². The maximum atomic E-state index is 10.3. The lowest BCUT2D eigenvalue weighted by Crippen LogP contribution is -2.25. The fraction of sp³-hybridized carbons (Fsp3) is 0.600. The maximum Gasteiger partial charge on any atom is 0.125 e. The Morgan fingerprint density at radius 3 is 2.50 bits per heavy atom. The molecule has 0 bridgehead atoms. The normalized spacial score (nSPS) is 12.8. The zero-order valence-corrected chi connectivity index (χ0v) is 12.1. The smallest absolute Gasteiger partial charge is 0.125 e. The number of aryl methyl sites for hydroxylation is 2. The molecule has 1 aromatic carbocycles. The van der Waals surface area contributed by atoms with Gasteiger partial charge in [0.05, 0.1) is 13.2 Å². The quantitative estimate of drug-likeness (QED) is 0.817. The van der Waals surface area contributed by atoms with Crippen molar-refractivity contribution in [3.63, 3.8) is 0 Å². The third-order valence-electron chi connectivity index (χ3n) is 3.02. The molecule has 1 rings (SSSR count). The van der Waals surface area contributed by atoms with Crippen molar-refractivity contribution in [2.24, 2.45) is 0 Å². The van der Waals surface area contributed by atoms with Crippen LogP contribution in [-0.2, 0) is 0 Å². The van der Waals surface area contributed by atoms with Crippen molar-refractivity contribution in [1.82, 2.24) is 5.32 Å². The van der Waals surface area contributed by atoms with Gasteiger partial charge in [-0.3, -0.25) is 0 Å². The highest BCUT2D eigenvalue weighted by Crippen LogP contribution is 2.31. The van der Waals surface area contributed by atoms with E-state index >= 15 is 0 Å². The van der Waals surface area contributed by atoms with E-state index in [0.29, 0.717) is 12.5 Å². The fourth-order valence-corrected chi connectivity index (χ4v) is 2.19. The van der Waals surface area contributed by atoms with Crippen LogP contribution in [-0.4, -0.2) is 24.8 Å². The highest BCUT2D eigenvalue weighted by Gasteiger charge is 2.16. The molecule has 1 atom stereocenters. The van der Waals surface area contributed by atoms with E-state index in [1.807, 2.05) is 19.9 Å². The van der Waals surface area contributed by atoms with Gasteiger partial charge in [0.1, 0.15) is 5.75 Å². The van der Waals surface area contributed by atoms with E-state index in [0.717, 1.165) is 29.0 Å². The molecule has 0 saturated carbocycles. The minimum absolute atomic E-state index is 0.443. The Labute approximate surface area is 110 Å². The Kier molecular flexibility index (Phi) is 5.63. The van der Waals surface area contributed by atoms with Crippen molar-refractivity contribution in [2.45, 2.75) is 46.3 Å². The van der Waals surface area contributed by atoms with Gasteiger partial charge in [0.15, 0.2) is 0 Å². The zero-order valence-electron chi connectivity index (χ0n) is 12.1. The molecular formula is C15H25NO2. The summed E-state index contributed by atoms with van der Waals surface area (Å²) in [5.41, 5.74) is 3.15. The van der Waals surface area contributed by atoms with E-state index in [4.69, 9.17) is 4.74 Å². The number of ether oxygens (including phenoxy) is 1. The van der Waals surface area contributed by atoms with Gasteiger partial charge in [-0.05, 0) is 44.0 Å². The lowest BCUT2D eigenvalue weighted by atomic mass is 9.97. The molecule has 0 fully saturated rings. The summed E-state index contributed by atoms with van der Waals surface area (Å²) in [5, 5.41) is 13.6. The second-order valence-electron chi connectivity index (χ2n) is 5.11. The minimum atomic E-state index is -0.480. The Hall–Kier alpha value is -1.06. The monoisotopic (exact) mass is 251 g/mol. The molecule has 2 N–H and O–H groups in total. The molecule has 0 saturated heterocycles. The molecule has 0 aliphatic rings. The number of methoxy groups -OCH3 is 1. The van der Waals surface area contributed by atoms with Gasteiger partial charge in [0.25, 0.3) is 0 Å². The van der Waals surface area contributed by atoms with Gasteiger partial charge in [-0.2, -0.15) is 0 Å². The second kappa shape index (κ2) is 6.76.